The number of carbonyl (C=O) groups is 1. The summed E-state index contributed by atoms with van der Waals surface area (Å²) in [7, 11) is 0. The molecule has 1 aromatic rings. The van der Waals surface area contributed by atoms with Crippen molar-refractivity contribution in [2.45, 2.75) is 20.3 Å². The van der Waals surface area contributed by atoms with Gasteiger partial charge in [0.2, 0.25) is 0 Å². The van der Waals surface area contributed by atoms with Crippen molar-refractivity contribution in [3.8, 4) is 0 Å². The average molecular weight is 208 g/mol. The van der Waals surface area contributed by atoms with Crippen molar-refractivity contribution in [3.63, 3.8) is 0 Å². The fourth-order valence-electron chi connectivity index (χ4n) is 1.24. The second kappa shape index (κ2) is 4.73. The third-order valence-electron chi connectivity index (χ3n) is 2.37. The van der Waals surface area contributed by atoms with Crippen molar-refractivity contribution in [1.29, 1.82) is 0 Å². The van der Waals surface area contributed by atoms with Crippen LogP contribution in [-0.4, -0.2) is 11.1 Å². The number of hydrogen-bond donors (Lipinski definition) is 1. The van der Waals surface area contributed by atoms with Crippen LogP contribution in [0.4, 0.5) is 4.39 Å². The number of carboxylic acid groups (broad SMARTS) is 1. The normalized spacial score (nSPS) is 12.2. The molecule has 15 heavy (non-hydrogen) atoms. The number of aliphatic carboxylic acids is 1. The van der Waals surface area contributed by atoms with E-state index in [1.807, 2.05) is 0 Å². The standard InChI is InChI=1S/C12H13FO2/c1-8(9(2)12(14)15)7-10-5-3-4-6-11(10)13/h3-6H,7H2,1-2H3,(H,14,15)/b9-8+. The van der Waals surface area contributed by atoms with E-state index >= 15 is 0 Å². The van der Waals surface area contributed by atoms with Crippen molar-refractivity contribution in [1.82, 2.24) is 0 Å². The van der Waals surface area contributed by atoms with Gasteiger partial charge in [0.25, 0.3) is 0 Å². The number of allylic oxidation sites excluding steroid dienone is 1. The van der Waals surface area contributed by atoms with Gasteiger partial charge >= 0.3 is 5.97 Å². The molecule has 1 N–H and O–H groups in total. The molecule has 0 aromatic heterocycles. The van der Waals surface area contributed by atoms with Crippen molar-refractivity contribution >= 4 is 5.97 Å². The van der Waals surface area contributed by atoms with Crippen LogP contribution in [0.2, 0.25) is 0 Å². The van der Waals surface area contributed by atoms with Gasteiger partial charge in [0, 0.05) is 5.57 Å². The van der Waals surface area contributed by atoms with E-state index in [2.05, 4.69) is 0 Å². The Kier molecular flexibility index (Phi) is 3.61. The maximum absolute atomic E-state index is 13.2. The number of rotatable bonds is 3. The third kappa shape index (κ3) is 2.91. The van der Waals surface area contributed by atoms with Gasteiger partial charge in [-0.1, -0.05) is 23.8 Å². The molecule has 0 atom stereocenters. The minimum Gasteiger partial charge on any atom is -0.478 e. The first-order chi connectivity index (χ1) is 7.02. The Bertz CT molecular complexity index is 408. The van der Waals surface area contributed by atoms with Crippen LogP contribution >= 0.6 is 0 Å². The Hall–Kier alpha value is -1.64. The molecule has 0 spiro atoms. The lowest BCUT2D eigenvalue weighted by Gasteiger charge is -2.05. The van der Waals surface area contributed by atoms with Gasteiger partial charge in [-0.15, -0.1) is 0 Å². The average Bonchev–Trinajstić information content (AvgIpc) is 2.20. The number of hydrogen-bond acceptors (Lipinski definition) is 1. The first-order valence-corrected chi connectivity index (χ1v) is 4.65. The van der Waals surface area contributed by atoms with Crippen LogP contribution in [0.1, 0.15) is 19.4 Å². The van der Waals surface area contributed by atoms with E-state index in [9.17, 15) is 9.18 Å². The highest BCUT2D eigenvalue weighted by Crippen LogP contribution is 2.14. The molecule has 0 aliphatic heterocycles. The minimum absolute atomic E-state index is 0.276. The molecule has 0 heterocycles. The molecule has 1 rings (SSSR count). The van der Waals surface area contributed by atoms with E-state index in [1.165, 1.54) is 13.0 Å². The highest BCUT2D eigenvalue weighted by molar-refractivity contribution is 5.86. The topological polar surface area (TPSA) is 37.3 Å². The van der Waals surface area contributed by atoms with E-state index in [1.54, 1.807) is 25.1 Å². The summed E-state index contributed by atoms with van der Waals surface area (Å²) < 4.78 is 13.2. The van der Waals surface area contributed by atoms with E-state index in [0.29, 0.717) is 17.6 Å². The fourth-order valence-corrected chi connectivity index (χ4v) is 1.24. The maximum atomic E-state index is 13.2. The zero-order valence-corrected chi connectivity index (χ0v) is 8.75. The Morgan fingerprint density at radius 2 is 1.93 bits per heavy atom. The number of carboxylic acids is 1. The zero-order valence-electron chi connectivity index (χ0n) is 8.75. The van der Waals surface area contributed by atoms with E-state index in [4.69, 9.17) is 5.11 Å². The van der Waals surface area contributed by atoms with Gasteiger partial charge in [-0.2, -0.15) is 0 Å². The van der Waals surface area contributed by atoms with Crippen LogP contribution in [0.15, 0.2) is 35.4 Å². The molecule has 0 fully saturated rings. The predicted octanol–water partition coefficient (Wildman–Crippen LogP) is 2.79. The minimum atomic E-state index is -0.955. The quantitative estimate of drug-likeness (QED) is 0.775. The Morgan fingerprint density at radius 1 is 1.33 bits per heavy atom. The Balaban J connectivity index is 2.93. The fraction of sp³-hybridized carbons (Fsp3) is 0.250. The zero-order chi connectivity index (χ0) is 11.4. The number of benzene rings is 1. The largest absolute Gasteiger partial charge is 0.478 e. The van der Waals surface area contributed by atoms with Gasteiger partial charge in [-0.05, 0) is 31.9 Å². The summed E-state index contributed by atoms with van der Waals surface area (Å²) in [5.74, 6) is -1.25. The first kappa shape index (κ1) is 11.4. The van der Waals surface area contributed by atoms with E-state index in [0.717, 1.165) is 0 Å². The van der Waals surface area contributed by atoms with Crippen LogP contribution in [0.3, 0.4) is 0 Å². The molecule has 0 amide bonds. The summed E-state index contributed by atoms with van der Waals surface area (Å²) in [5, 5.41) is 8.75. The molecule has 0 saturated heterocycles. The Morgan fingerprint density at radius 3 is 2.47 bits per heavy atom. The second-order valence-corrected chi connectivity index (χ2v) is 3.48. The summed E-state index contributed by atoms with van der Waals surface area (Å²) >= 11 is 0. The second-order valence-electron chi connectivity index (χ2n) is 3.48. The van der Waals surface area contributed by atoms with Crippen molar-refractivity contribution in [2.24, 2.45) is 0 Å². The SMILES string of the molecule is C/C(Cc1ccccc1F)=C(/C)C(=O)O. The highest BCUT2D eigenvalue weighted by Gasteiger charge is 2.07. The van der Waals surface area contributed by atoms with Crippen molar-refractivity contribution < 1.29 is 14.3 Å². The van der Waals surface area contributed by atoms with Crippen molar-refractivity contribution in [3.05, 3.63) is 46.8 Å². The smallest absolute Gasteiger partial charge is 0.331 e. The molecule has 0 radical (unpaired) electrons. The van der Waals surface area contributed by atoms with Gasteiger partial charge in [0.05, 0.1) is 0 Å². The highest BCUT2D eigenvalue weighted by atomic mass is 19.1. The molecule has 3 heteroatoms. The monoisotopic (exact) mass is 208 g/mol. The molecule has 1 aromatic carbocycles. The van der Waals surface area contributed by atoms with Gasteiger partial charge in [-0.3, -0.25) is 0 Å². The molecule has 0 unspecified atom stereocenters. The van der Waals surface area contributed by atoms with E-state index < -0.39 is 5.97 Å². The lowest BCUT2D eigenvalue weighted by molar-refractivity contribution is -0.132. The van der Waals surface area contributed by atoms with E-state index in [-0.39, 0.29) is 11.4 Å². The lowest BCUT2D eigenvalue weighted by Crippen LogP contribution is -2.02. The molecule has 0 bridgehead atoms. The van der Waals surface area contributed by atoms with Gasteiger partial charge < -0.3 is 5.11 Å². The summed E-state index contributed by atoms with van der Waals surface area (Å²) in [6, 6.07) is 6.39. The summed E-state index contributed by atoms with van der Waals surface area (Å²) in [5.41, 5.74) is 1.47. The molecule has 0 aliphatic carbocycles. The first-order valence-electron chi connectivity index (χ1n) is 4.65. The molecule has 2 nitrogen and oxygen atoms in total. The Labute approximate surface area is 88.1 Å². The van der Waals surface area contributed by atoms with Gasteiger partial charge in [0.15, 0.2) is 0 Å². The summed E-state index contributed by atoms with van der Waals surface area (Å²) in [6.07, 6.45) is 0.338. The maximum Gasteiger partial charge on any atom is 0.331 e. The predicted molar refractivity (Wildman–Crippen MR) is 56.1 cm³/mol. The third-order valence-corrected chi connectivity index (χ3v) is 2.37. The molecular weight excluding hydrogens is 195 g/mol. The summed E-state index contributed by atoms with van der Waals surface area (Å²) in [4.78, 5) is 10.7. The van der Waals surface area contributed by atoms with Gasteiger partial charge in [-0.25, -0.2) is 9.18 Å². The molecule has 80 valence electrons. The van der Waals surface area contributed by atoms with Gasteiger partial charge in [0.1, 0.15) is 5.82 Å². The molecular formula is C12H13FO2. The van der Waals surface area contributed by atoms with Crippen LogP contribution < -0.4 is 0 Å². The van der Waals surface area contributed by atoms with Crippen molar-refractivity contribution in [2.75, 3.05) is 0 Å². The van der Waals surface area contributed by atoms with Crippen LogP contribution in [0.25, 0.3) is 0 Å². The lowest BCUT2D eigenvalue weighted by atomic mass is 10.0. The van der Waals surface area contributed by atoms with Crippen LogP contribution in [-0.2, 0) is 11.2 Å². The van der Waals surface area contributed by atoms with Crippen LogP contribution in [0.5, 0.6) is 0 Å². The van der Waals surface area contributed by atoms with Crippen LogP contribution in [0, 0.1) is 5.82 Å². The molecule has 0 saturated carbocycles. The molecule has 0 aliphatic rings. The number of halogens is 1. The summed E-state index contributed by atoms with van der Waals surface area (Å²) in [6.45, 7) is 3.23.